The van der Waals surface area contributed by atoms with Crippen LogP contribution in [0.2, 0.25) is 0 Å². The second kappa shape index (κ2) is 6.99. The molecule has 0 aliphatic carbocycles. The van der Waals surface area contributed by atoms with Crippen molar-refractivity contribution in [3.8, 4) is 0 Å². The van der Waals surface area contributed by atoms with Crippen molar-refractivity contribution in [2.75, 3.05) is 6.54 Å². The fourth-order valence-corrected chi connectivity index (χ4v) is 5.13. The molecular formula is C22H32N4O2. The number of oxazole rings is 1. The van der Waals surface area contributed by atoms with Crippen LogP contribution in [0.1, 0.15) is 77.0 Å². The molecule has 0 amide bonds. The van der Waals surface area contributed by atoms with Gasteiger partial charge in [-0.05, 0) is 38.5 Å². The van der Waals surface area contributed by atoms with Crippen LogP contribution in [-0.2, 0) is 10.2 Å². The lowest BCUT2D eigenvalue weighted by molar-refractivity contribution is -0.0560. The molecule has 1 N–H and O–H groups in total. The Morgan fingerprint density at radius 2 is 2.11 bits per heavy atom. The van der Waals surface area contributed by atoms with Crippen molar-refractivity contribution in [1.29, 1.82) is 0 Å². The molecule has 152 valence electrons. The quantitative estimate of drug-likeness (QED) is 0.838. The van der Waals surface area contributed by atoms with E-state index in [4.69, 9.17) is 9.15 Å². The summed E-state index contributed by atoms with van der Waals surface area (Å²) in [5.41, 5.74) is 4.89. The molecule has 3 saturated heterocycles. The Morgan fingerprint density at radius 3 is 2.93 bits per heavy atom. The van der Waals surface area contributed by atoms with Crippen molar-refractivity contribution >= 4 is 6.21 Å². The fraction of sp³-hybridized carbons (Fsp3) is 0.727. The van der Waals surface area contributed by atoms with E-state index >= 15 is 0 Å². The number of nitrogens with zero attached hydrogens (tertiary/aromatic N) is 3. The van der Waals surface area contributed by atoms with Crippen molar-refractivity contribution in [2.45, 2.75) is 89.0 Å². The van der Waals surface area contributed by atoms with Gasteiger partial charge in [0, 0.05) is 24.1 Å². The van der Waals surface area contributed by atoms with Crippen molar-refractivity contribution in [2.24, 2.45) is 10.9 Å². The molecule has 0 saturated carbocycles. The maximum absolute atomic E-state index is 6.33. The Morgan fingerprint density at radius 1 is 1.21 bits per heavy atom. The first-order chi connectivity index (χ1) is 13.5. The second-order valence-electron chi connectivity index (χ2n) is 9.71. The summed E-state index contributed by atoms with van der Waals surface area (Å²) >= 11 is 0. The number of hydrazine groups is 1. The number of aromatic nitrogens is 1. The van der Waals surface area contributed by atoms with Gasteiger partial charge in [-0.2, -0.15) is 0 Å². The van der Waals surface area contributed by atoms with E-state index in [1.54, 1.807) is 0 Å². The van der Waals surface area contributed by atoms with Gasteiger partial charge in [0.2, 0.25) is 5.89 Å². The predicted octanol–water partition coefficient (Wildman–Crippen LogP) is 3.91. The zero-order valence-corrected chi connectivity index (χ0v) is 17.2. The van der Waals surface area contributed by atoms with Gasteiger partial charge in [-0.3, -0.25) is 4.99 Å². The van der Waals surface area contributed by atoms with Crippen LogP contribution in [0.3, 0.4) is 0 Å². The number of fused-ring (bicyclic) bond motifs is 4. The third-order valence-corrected chi connectivity index (χ3v) is 6.62. The van der Waals surface area contributed by atoms with Crippen LogP contribution in [0, 0.1) is 5.92 Å². The third-order valence-electron chi connectivity index (χ3n) is 6.62. The van der Waals surface area contributed by atoms with E-state index in [9.17, 15) is 0 Å². The topological polar surface area (TPSA) is 62.9 Å². The zero-order valence-electron chi connectivity index (χ0n) is 17.2. The van der Waals surface area contributed by atoms with Gasteiger partial charge in [0.05, 0.1) is 30.1 Å². The van der Waals surface area contributed by atoms with Gasteiger partial charge in [-0.1, -0.05) is 26.8 Å². The highest BCUT2D eigenvalue weighted by molar-refractivity contribution is 5.78. The standard InChI is InChI=1S/C22H32N4O2/c1-22(2,3)18-13-24-21(28-18)19-16-11-15-8-9-17(27-15)20(16)26(25-19)14-7-5-4-6-10-23-12-14/h7,12-13,15-17,19-20,25H,4-6,8-11H2,1-3H3/b14-7-,23-12-. The number of aliphatic imine (C=N–C) groups is 1. The summed E-state index contributed by atoms with van der Waals surface area (Å²) in [6.45, 7) is 7.41. The van der Waals surface area contributed by atoms with Crippen LogP contribution in [0.25, 0.3) is 0 Å². The van der Waals surface area contributed by atoms with Crippen LogP contribution >= 0.6 is 0 Å². The smallest absolute Gasteiger partial charge is 0.213 e. The molecule has 5 atom stereocenters. The minimum Gasteiger partial charge on any atom is -0.443 e. The largest absolute Gasteiger partial charge is 0.443 e. The SMILES string of the molecule is CC(C)(C)c1cnc(C2NN(C3=C\CCCC/N=C\3)C3C4CCC(CC23)O4)o1. The summed E-state index contributed by atoms with van der Waals surface area (Å²) in [6.07, 6.45) is 13.8. The first-order valence-corrected chi connectivity index (χ1v) is 10.9. The van der Waals surface area contributed by atoms with Crippen LogP contribution in [0.15, 0.2) is 27.4 Å². The molecule has 6 nitrogen and oxygen atoms in total. The molecule has 5 heterocycles. The number of hydrogen-bond acceptors (Lipinski definition) is 6. The number of allylic oxidation sites excluding steroid dienone is 2. The van der Waals surface area contributed by atoms with E-state index in [1.165, 1.54) is 25.0 Å². The van der Waals surface area contributed by atoms with E-state index in [2.05, 4.69) is 47.3 Å². The average molecular weight is 385 g/mol. The average Bonchev–Trinajstić information content (AvgIpc) is 3.32. The molecular weight excluding hydrogens is 352 g/mol. The van der Waals surface area contributed by atoms with Crippen molar-refractivity contribution in [1.82, 2.24) is 15.4 Å². The predicted molar refractivity (Wildman–Crippen MR) is 108 cm³/mol. The third kappa shape index (κ3) is 3.20. The Labute approximate surface area is 167 Å². The molecule has 6 heteroatoms. The van der Waals surface area contributed by atoms with Crippen LogP contribution in [-0.4, -0.2) is 41.0 Å². The molecule has 5 rings (SSSR count). The molecule has 28 heavy (non-hydrogen) atoms. The van der Waals surface area contributed by atoms with E-state index in [0.717, 1.165) is 37.5 Å². The molecule has 0 spiro atoms. The Bertz CT molecular complexity index is 778. The van der Waals surface area contributed by atoms with Gasteiger partial charge in [-0.25, -0.2) is 10.4 Å². The molecule has 2 bridgehead atoms. The van der Waals surface area contributed by atoms with Crippen LogP contribution in [0.5, 0.6) is 0 Å². The number of rotatable bonds is 2. The summed E-state index contributed by atoms with van der Waals surface area (Å²) in [5.74, 6) is 2.20. The Hall–Kier alpha value is -1.66. The van der Waals surface area contributed by atoms with Gasteiger partial charge >= 0.3 is 0 Å². The van der Waals surface area contributed by atoms with Gasteiger partial charge in [0.25, 0.3) is 0 Å². The monoisotopic (exact) mass is 384 g/mol. The van der Waals surface area contributed by atoms with E-state index in [1.807, 2.05) is 12.4 Å². The maximum atomic E-state index is 6.33. The molecule has 5 unspecified atom stereocenters. The Kier molecular flexibility index (Phi) is 4.59. The molecule has 4 aliphatic heterocycles. The summed E-state index contributed by atoms with van der Waals surface area (Å²) in [4.78, 5) is 9.32. The minimum absolute atomic E-state index is 0.0353. The lowest BCUT2D eigenvalue weighted by Crippen LogP contribution is -2.47. The van der Waals surface area contributed by atoms with Gasteiger partial charge < -0.3 is 14.2 Å². The normalized spacial score (nSPS) is 38.5. The highest BCUT2D eigenvalue weighted by atomic mass is 16.5. The lowest BCUT2D eigenvalue weighted by atomic mass is 9.85. The van der Waals surface area contributed by atoms with Gasteiger partial charge in [0.1, 0.15) is 11.8 Å². The maximum Gasteiger partial charge on any atom is 0.213 e. The molecule has 3 fully saturated rings. The zero-order chi connectivity index (χ0) is 19.3. The molecule has 1 aromatic rings. The fourth-order valence-electron chi connectivity index (χ4n) is 5.13. The van der Waals surface area contributed by atoms with Crippen molar-refractivity contribution < 1.29 is 9.15 Å². The van der Waals surface area contributed by atoms with Crippen LogP contribution < -0.4 is 5.43 Å². The van der Waals surface area contributed by atoms with Gasteiger partial charge in [0.15, 0.2) is 0 Å². The van der Waals surface area contributed by atoms with Gasteiger partial charge in [-0.15, -0.1) is 0 Å². The van der Waals surface area contributed by atoms with Crippen molar-refractivity contribution in [3.05, 3.63) is 29.6 Å². The lowest BCUT2D eigenvalue weighted by Gasteiger charge is -2.37. The summed E-state index contributed by atoms with van der Waals surface area (Å²) in [7, 11) is 0. The van der Waals surface area contributed by atoms with E-state index in [0.29, 0.717) is 18.1 Å². The second-order valence-corrected chi connectivity index (χ2v) is 9.71. The summed E-state index contributed by atoms with van der Waals surface area (Å²) < 4.78 is 12.6. The summed E-state index contributed by atoms with van der Waals surface area (Å²) in [6, 6.07) is 0.402. The molecule has 0 aromatic carbocycles. The molecule has 1 aromatic heterocycles. The van der Waals surface area contributed by atoms with Crippen LogP contribution in [0.4, 0.5) is 0 Å². The first-order valence-electron chi connectivity index (χ1n) is 10.9. The summed E-state index contributed by atoms with van der Waals surface area (Å²) in [5, 5.41) is 2.33. The highest BCUT2D eigenvalue weighted by Gasteiger charge is 2.55. The van der Waals surface area contributed by atoms with E-state index < -0.39 is 0 Å². The van der Waals surface area contributed by atoms with Crippen molar-refractivity contribution in [3.63, 3.8) is 0 Å². The molecule has 4 aliphatic rings. The Balaban J connectivity index is 1.48. The highest BCUT2D eigenvalue weighted by Crippen LogP contribution is 2.48. The minimum atomic E-state index is -0.0353. The van der Waals surface area contributed by atoms with E-state index in [-0.39, 0.29) is 17.6 Å². The number of hydrogen-bond donors (Lipinski definition) is 1. The number of nitrogens with one attached hydrogen (secondary N) is 1. The number of ether oxygens (including phenoxy) is 1. The molecule has 0 radical (unpaired) electrons. The first kappa shape index (κ1) is 18.4.